The SMILES string of the molecule is Cc1cc(C)c(COc2cc(Cl)c(Cl)cc2N)c(C)c1. The van der Waals surface area contributed by atoms with Crippen LogP contribution in [0.4, 0.5) is 5.69 Å². The highest BCUT2D eigenvalue weighted by Gasteiger charge is 2.09. The quantitative estimate of drug-likeness (QED) is 0.802. The third-order valence-corrected chi connectivity index (χ3v) is 3.99. The third-order valence-electron chi connectivity index (χ3n) is 3.27. The molecular formula is C16H17Cl2NO. The molecule has 0 bridgehead atoms. The Morgan fingerprint density at radius 2 is 1.50 bits per heavy atom. The topological polar surface area (TPSA) is 35.2 Å². The number of anilines is 1. The van der Waals surface area contributed by atoms with Crippen LogP contribution in [-0.2, 0) is 6.61 Å². The number of aryl methyl sites for hydroxylation is 3. The van der Waals surface area contributed by atoms with E-state index in [-0.39, 0.29) is 0 Å². The van der Waals surface area contributed by atoms with Gasteiger partial charge in [-0.3, -0.25) is 0 Å². The van der Waals surface area contributed by atoms with Crippen LogP contribution < -0.4 is 10.5 Å². The van der Waals surface area contributed by atoms with Crippen molar-refractivity contribution in [3.8, 4) is 5.75 Å². The lowest BCUT2D eigenvalue weighted by molar-refractivity contribution is 0.306. The van der Waals surface area contributed by atoms with E-state index in [1.807, 2.05) is 0 Å². The van der Waals surface area contributed by atoms with Crippen molar-refractivity contribution in [1.29, 1.82) is 0 Å². The molecular weight excluding hydrogens is 293 g/mol. The van der Waals surface area contributed by atoms with E-state index in [2.05, 4.69) is 32.9 Å². The number of hydrogen-bond acceptors (Lipinski definition) is 2. The van der Waals surface area contributed by atoms with E-state index in [0.29, 0.717) is 28.1 Å². The Hall–Kier alpha value is -1.38. The van der Waals surface area contributed by atoms with E-state index in [4.69, 9.17) is 33.7 Å². The first-order valence-electron chi connectivity index (χ1n) is 6.32. The largest absolute Gasteiger partial charge is 0.487 e. The normalized spacial score (nSPS) is 10.7. The zero-order valence-electron chi connectivity index (χ0n) is 11.8. The van der Waals surface area contributed by atoms with Crippen LogP contribution in [0, 0.1) is 20.8 Å². The van der Waals surface area contributed by atoms with Gasteiger partial charge in [0.1, 0.15) is 12.4 Å². The summed E-state index contributed by atoms with van der Waals surface area (Å²) in [6.07, 6.45) is 0. The lowest BCUT2D eigenvalue weighted by Crippen LogP contribution is -2.03. The number of rotatable bonds is 3. The second-order valence-corrected chi connectivity index (χ2v) is 5.78. The summed E-state index contributed by atoms with van der Waals surface area (Å²) in [5.74, 6) is 0.554. The second-order valence-electron chi connectivity index (χ2n) is 4.97. The number of ether oxygens (including phenoxy) is 1. The number of halogens is 2. The van der Waals surface area contributed by atoms with Gasteiger partial charge >= 0.3 is 0 Å². The van der Waals surface area contributed by atoms with E-state index in [9.17, 15) is 0 Å². The third kappa shape index (κ3) is 3.20. The maximum atomic E-state index is 5.98. The lowest BCUT2D eigenvalue weighted by atomic mass is 10.0. The summed E-state index contributed by atoms with van der Waals surface area (Å²) in [6.45, 7) is 6.70. The molecule has 0 aromatic heterocycles. The van der Waals surface area contributed by atoms with Crippen molar-refractivity contribution in [2.45, 2.75) is 27.4 Å². The van der Waals surface area contributed by atoms with Gasteiger partial charge in [0.15, 0.2) is 0 Å². The van der Waals surface area contributed by atoms with Crippen molar-refractivity contribution in [3.05, 3.63) is 56.6 Å². The van der Waals surface area contributed by atoms with E-state index in [0.717, 1.165) is 0 Å². The molecule has 4 heteroatoms. The fourth-order valence-electron chi connectivity index (χ4n) is 2.26. The van der Waals surface area contributed by atoms with Gasteiger partial charge in [0.05, 0.1) is 15.7 Å². The first kappa shape index (κ1) is 15.0. The van der Waals surface area contributed by atoms with Crippen LogP contribution in [0.25, 0.3) is 0 Å². The fraction of sp³-hybridized carbons (Fsp3) is 0.250. The predicted molar refractivity (Wildman–Crippen MR) is 85.9 cm³/mol. The highest BCUT2D eigenvalue weighted by atomic mass is 35.5. The molecule has 106 valence electrons. The van der Waals surface area contributed by atoms with Crippen LogP contribution in [0.15, 0.2) is 24.3 Å². The number of nitrogens with two attached hydrogens (primary N) is 1. The molecule has 0 radical (unpaired) electrons. The van der Waals surface area contributed by atoms with Gasteiger partial charge < -0.3 is 10.5 Å². The van der Waals surface area contributed by atoms with Crippen molar-refractivity contribution in [2.75, 3.05) is 5.73 Å². The first-order valence-corrected chi connectivity index (χ1v) is 7.08. The number of benzene rings is 2. The average molecular weight is 310 g/mol. The zero-order valence-corrected chi connectivity index (χ0v) is 13.3. The monoisotopic (exact) mass is 309 g/mol. The molecule has 2 N–H and O–H groups in total. The Kier molecular flexibility index (Phi) is 4.46. The molecule has 0 aliphatic rings. The molecule has 0 spiro atoms. The molecule has 0 aliphatic carbocycles. The Balaban J connectivity index is 2.23. The molecule has 0 aliphatic heterocycles. The van der Waals surface area contributed by atoms with E-state index >= 15 is 0 Å². The minimum absolute atomic E-state index is 0.430. The smallest absolute Gasteiger partial charge is 0.144 e. The van der Waals surface area contributed by atoms with Gasteiger partial charge in [-0.1, -0.05) is 40.9 Å². The standard InChI is InChI=1S/C16H17Cl2NO/c1-9-4-10(2)12(11(3)5-9)8-20-16-7-14(18)13(17)6-15(16)19/h4-7H,8,19H2,1-3H3. The minimum Gasteiger partial charge on any atom is -0.487 e. The van der Waals surface area contributed by atoms with E-state index < -0.39 is 0 Å². The molecule has 0 fully saturated rings. The van der Waals surface area contributed by atoms with Crippen LogP contribution >= 0.6 is 23.2 Å². The molecule has 2 nitrogen and oxygen atoms in total. The summed E-state index contributed by atoms with van der Waals surface area (Å²) in [5, 5.41) is 0.868. The minimum atomic E-state index is 0.430. The molecule has 0 amide bonds. The van der Waals surface area contributed by atoms with Crippen molar-refractivity contribution in [1.82, 2.24) is 0 Å². The summed E-state index contributed by atoms with van der Waals surface area (Å²) in [4.78, 5) is 0. The van der Waals surface area contributed by atoms with Gasteiger partial charge in [0.25, 0.3) is 0 Å². The maximum Gasteiger partial charge on any atom is 0.144 e. The molecule has 2 aromatic rings. The summed E-state index contributed by atoms with van der Waals surface area (Å²) in [7, 11) is 0. The molecule has 0 saturated carbocycles. The van der Waals surface area contributed by atoms with Crippen molar-refractivity contribution in [3.63, 3.8) is 0 Å². The molecule has 0 heterocycles. The van der Waals surface area contributed by atoms with Crippen LogP contribution in [0.5, 0.6) is 5.75 Å². The Morgan fingerprint density at radius 3 is 2.10 bits per heavy atom. The first-order chi connectivity index (χ1) is 9.38. The maximum absolute atomic E-state index is 5.98. The van der Waals surface area contributed by atoms with Gasteiger partial charge in [-0.15, -0.1) is 0 Å². The van der Waals surface area contributed by atoms with Gasteiger partial charge in [0, 0.05) is 6.07 Å². The van der Waals surface area contributed by atoms with Crippen LogP contribution in [0.1, 0.15) is 22.3 Å². The molecule has 2 rings (SSSR count). The predicted octanol–water partition coefficient (Wildman–Crippen LogP) is 5.08. The highest BCUT2D eigenvalue weighted by Crippen LogP contribution is 2.33. The van der Waals surface area contributed by atoms with Crippen LogP contribution in [-0.4, -0.2) is 0 Å². The highest BCUT2D eigenvalue weighted by molar-refractivity contribution is 6.42. The van der Waals surface area contributed by atoms with Gasteiger partial charge in [-0.25, -0.2) is 0 Å². The van der Waals surface area contributed by atoms with E-state index in [1.54, 1.807) is 12.1 Å². The zero-order chi connectivity index (χ0) is 14.9. The van der Waals surface area contributed by atoms with Gasteiger partial charge in [0.2, 0.25) is 0 Å². The van der Waals surface area contributed by atoms with Gasteiger partial charge in [-0.2, -0.15) is 0 Å². The summed E-state index contributed by atoms with van der Waals surface area (Å²) in [6, 6.07) is 7.54. The number of hydrogen-bond donors (Lipinski definition) is 1. The lowest BCUT2D eigenvalue weighted by Gasteiger charge is -2.14. The average Bonchev–Trinajstić information content (AvgIpc) is 2.33. The van der Waals surface area contributed by atoms with Crippen LogP contribution in [0.3, 0.4) is 0 Å². The number of nitrogen functional groups attached to an aromatic ring is 1. The van der Waals surface area contributed by atoms with E-state index in [1.165, 1.54) is 22.3 Å². The summed E-state index contributed by atoms with van der Waals surface area (Å²) < 4.78 is 5.79. The molecule has 0 unspecified atom stereocenters. The van der Waals surface area contributed by atoms with Crippen molar-refractivity contribution < 1.29 is 4.74 Å². The van der Waals surface area contributed by atoms with Crippen LogP contribution in [0.2, 0.25) is 10.0 Å². The Bertz CT molecular complexity index is 630. The summed E-state index contributed by atoms with van der Waals surface area (Å²) >= 11 is 11.9. The Labute approximate surface area is 129 Å². The van der Waals surface area contributed by atoms with Gasteiger partial charge in [-0.05, 0) is 43.5 Å². The summed E-state index contributed by atoms with van der Waals surface area (Å²) in [5.41, 5.74) is 11.2. The fourth-order valence-corrected chi connectivity index (χ4v) is 2.58. The second kappa shape index (κ2) is 5.94. The molecule has 2 aromatic carbocycles. The molecule has 0 saturated heterocycles. The Morgan fingerprint density at radius 1 is 0.950 bits per heavy atom. The molecule has 0 atom stereocenters. The van der Waals surface area contributed by atoms with Crippen molar-refractivity contribution >= 4 is 28.9 Å². The molecule has 20 heavy (non-hydrogen) atoms. The van der Waals surface area contributed by atoms with Crippen molar-refractivity contribution in [2.24, 2.45) is 0 Å².